The Kier molecular flexibility index (Phi) is 4.72. The van der Waals surface area contributed by atoms with Gasteiger partial charge in [-0.1, -0.05) is 25.1 Å². The quantitative estimate of drug-likeness (QED) is 0.677. The maximum Gasteiger partial charge on any atom is 0.282 e. The van der Waals surface area contributed by atoms with Crippen LogP contribution in [0.3, 0.4) is 0 Å². The predicted molar refractivity (Wildman–Crippen MR) is 107 cm³/mol. The van der Waals surface area contributed by atoms with Gasteiger partial charge in [0.05, 0.1) is 28.9 Å². The first-order valence-corrected chi connectivity index (χ1v) is 9.39. The minimum Gasteiger partial charge on any atom is -0.494 e. The second-order valence-corrected chi connectivity index (χ2v) is 6.52. The highest BCUT2D eigenvalue weighted by atomic mass is 16.5. The summed E-state index contributed by atoms with van der Waals surface area (Å²) in [5.41, 5.74) is 4.46. The lowest BCUT2D eigenvalue weighted by atomic mass is 10.0. The molecule has 0 saturated carbocycles. The molecule has 0 spiro atoms. The fourth-order valence-corrected chi connectivity index (χ4v) is 3.42. The van der Waals surface area contributed by atoms with Crippen molar-refractivity contribution >= 4 is 28.6 Å². The maximum atomic E-state index is 13.0. The highest BCUT2D eigenvalue weighted by Crippen LogP contribution is 2.31. The van der Waals surface area contributed by atoms with E-state index < -0.39 is 17.7 Å². The molecule has 0 bridgehead atoms. The molecular weight excluding hydrogens is 370 g/mol. The molecule has 0 unspecified atom stereocenters. The van der Waals surface area contributed by atoms with E-state index in [1.165, 1.54) is 0 Å². The average Bonchev–Trinajstić information content (AvgIpc) is 2.99. The minimum atomic E-state index is -0.570. The molecule has 2 aromatic carbocycles. The second kappa shape index (κ2) is 7.35. The SMILES string of the molecule is CCOc1ccc(C(=O)NN2C(=O)c3c(CC)nc4ccccc4c3C2=O)cc1. The van der Waals surface area contributed by atoms with Gasteiger partial charge in [0.1, 0.15) is 5.75 Å². The standard InChI is InChI=1S/C22H19N3O4/c1-3-16-19-18(15-7-5-6-8-17(15)23-16)21(27)25(22(19)28)24-20(26)13-9-11-14(12-10-13)29-4-2/h5-12H,3-4H2,1-2H3,(H,24,26). The number of ether oxygens (including phenoxy) is 1. The number of aromatic nitrogens is 1. The number of para-hydroxylation sites is 1. The number of rotatable bonds is 5. The molecule has 3 amide bonds. The summed E-state index contributed by atoms with van der Waals surface area (Å²) < 4.78 is 5.36. The third kappa shape index (κ3) is 3.10. The van der Waals surface area contributed by atoms with Crippen LogP contribution in [0, 0.1) is 0 Å². The molecule has 1 aliphatic rings. The lowest BCUT2D eigenvalue weighted by Gasteiger charge is -2.15. The number of aryl methyl sites for hydroxylation is 1. The zero-order valence-electron chi connectivity index (χ0n) is 16.1. The summed E-state index contributed by atoms with van der Waals surface area (Å²) in [5, 5.41) is 1.37. The van der Waals surface area contributed by atoms with Crippen molar-refractivity contribution in [2.45, 2.75) is 20.3 Å². The molecule has 4 rings (SSSR count). The van der Waals surface area contributed by atoms with Gasteiger partial charge in [-0.2, -0.15) is 5.01 Å². The molecule has 1 N–H and O–H groups in total. The molecule has 0 fully saturated rings. The summed E-state index contributed by atoms with van der Waals surface area (Å²) in [4.78, 5) is 43.1. The number of carbonyl (C=O) groups is 3. The fraction of sp³-hybridized carbons (Fsp3) is 0.182. The third-order valence-corrected chi connectivity index (χ3v) is 4.78. The van der Waals surface area contributed by atoms with Gasteiger partial charge in [0.15, 0.2) is 0 Å². The van der Waals surface area contributed by atoms with Gasteiger partial charge >= 0.3 is 0 Å². The Morgan fingerprint density at radius 1 is 1.00 bits per heavy atom. The van der Waals surface area contributed by atoms with Crippen molar-refractivity contribution in [1.82, 2.24) is 15.4 Å². The van der Waals surface area contributed by atoms with Crippen LogP contribution in [0.5, 0.6) is 5.75 Å². The van der Waals surface area contributed by atoms with Crippen molar-refractivity contribution in [3.05, 3.63) is 70.9 Å². The molecule has 3 aromatic rings. The lowest BCUT2D eigenvalue weighted by Crippen LogP contribution is -2.45. The molecule has 7 heteroatoms. The third-order valence-electron chi connectivity index (χ3n) is 4.78. The molecule has 0 radical (unpaired) electrons. The number of nitrogens with zero attached hydrogens (tertiary/aromatic N) is 2. The molecule has 146 valence electrons. The van der Waals surface area contributed by atoms with Gasteiger partial charge in [-0.25, -0.2) is 0 Å². The van der Waals surface area contributed by atoms with Gasteiger partial charge in [-0.3, -0.25) is 24.8 Å². The van der Waals surface area contributed by atoms with E-state index in [1.807, 2.05) is 19.9 Å². The van der Waals surface area contributed by atoms with E-state index in [2.05, 4.69) is 10.4 Å². The van der Waals surface area contributed by atoms with Gasteiger partial charge in [0.25, 0.3) is 17.7 Å². The zero-order valence-corrected chi connectivity index (χ0v) is 16.1. The number of benzene rings is 2. The van der Waals surface area contributed by atoms with Crippen molar-refractivity contribution in [3.8, 4) is 5.75 Å². The number of hydrogen-bond donors (Lipinski definition) is 1. The Morgan fingerprint density at radius 2 is 1.69 bits per heavy atom. The van der Waals surface area contributed by atoms with Crippen molar-refractivity contribution < 1.29 is 19.1 Å². The molecule has 0 atom stereocenters. The molecule has 2 heterocycles. The smallest absolute Gasteiger partial charge is 0.282 e. The van der Waals surface area contributed by atoms with Crippen LogP contribution in [0.2, 0.25) is 0 Å². The van der Waals surface area contributed by atoms with Crippen molar-refractivity contribution in [2.24, 2.45) is 0 Å². The molecule has 7 nitrogen and oxygen atoms in total. The van der Waals surface area contributed by atoms with Crippen LogP contribution in [0.15, 0.2) is 48.5 Å². The topological polar surface area (TPSA) is 88.6 Å². The van der Waals surface area contributed by atoms with Crippen molar-refractivity contribution in [1.29, 1.82) is 0 Å². The normalized spacial score (nSPS) is 13.0. The molecule has 29 heavy (non-hydrogen) atoms. The molecule has 1 aromatic heterocycles. The lowest BCUT2D eigenvalue weighted by molar-refractivity contribution is 0.0518. The van der Waals surface area contributed by atoms with E-state index in [9.17, 15) is 14.4 Å². The highest BCUT2D eigenvalue weighted by molar-refractivity contribution is 6.27. The molecule has 0 saturated heterocycles. The number of amides is 3. The van der Waals surface area contributed by atoms with Crippen LogP contribution in [-0.4, -0.2) is 34.3 Å². The summed E-state index contributed by atoms with van der Waals surface area (Å²) in [5.74, 6) is -1.05. The van der Waals surface area contributed by atoms with Crippen LogP contribution in [0.1, 0.15) is 50.6 Å². The van der Waals surface area contributed by atoms with E-state index in [4.69, 9.17) is 4.74 Å². The fourth-order valence-electron chi connectivity index (χ4n) is 3.42. The summed E-state index contributed by atoms with van der Waals surface area (Å²) >= 11 is 0. The monoisotopic (exact) mass is 389 g/mol. The predicted octanol–water partition coefficient (Wildman–Crippen LogP) is 3.14. The van der Waals surface area contributed by atoms with E-state index >= 15 is 0 Å². The largest absolute Gasteiger partial charge is 0.494 e. The van der Waals surface area contributed by atoms with Gasteiger partial charge in [0.2, 0.25) is 0 Å². The number of fused-ring (bicyclic) bond motifs is 3. The number of carbonyl (C=O) groups excluding carboxylic acids is 3. The van der Waals surface area contributed by atoms with E-state index in [0.717, 1.165) is 5.01 Å². The van der Waals surface area contributed by atoms with Gasteiger partial charge < -0.3 is 4.74 Å². The number of imide groups is 1. The number of nitrogens with one attached hydrogen (secondary N) is 1. The van der Waals surface area contributed by atoms with Crippen LogP contribution in [-0.2, 0) is 6.42 Å². The van der Waals surface area contributed by atoms with Crippen LogP contribution in [0.4, 0.5) is 0 Å². The summed E-state index contributed by atoms with van der Waals surface area (Å²) in [7, 11) is 0. The van der Waals surface area contributed by atoms with Crippen LogP contribution >= 0.6 is 0 Å². The Bertz CT molecular complexity index is 1140. The van der Waals surface area contributed by atoms with Gasteiger partial charge in [0, 0.05) is 10.9 Å². The van der Waals surface area contributed by atoms with Crippen LogP contribution < -0.4 is 10.2 Å². The minimum absolute atomic E-state index is 0.253. The van der Waals surface area contributed by atoms with Crippen molar-refractivity contribution in [3.63, 3.8) is 0 Å². The zero-order chi connectivity index (χ0) is 20.5. The van der Waals surface area contributed by atoms with E-state index in [1.54, 1.807) is 42.5 Å². The molecular formula is C22H19N3O4. The first-order chi connectivity index (χ1) is 14.0. The Hall–Kier alpha value is -3.74. The number of pyridine rings is 1. The summed E-state index contributed by atoms with van der Waals surface area (Å²) in [6.45, 7) is 4.25. The number of hydrogen-bond acceptors (Lipinski definition) is 5. The average molecular weight is 389 g/mol. The van der Waals surface area contributed by atoms with Gasteiger partial charge in [-0.15, -0.1) is 0 Å². The van der Waals surface area contributed by atoms with Gasteiger partial charge in [-0.05, 0) is 43.7 Å². The Balaban J connectivity index is 1.67. The maximum absolute atomic E-state index is 13.0. The second-order valence-electron chi connectivity index (χ2n) is 6.52. The Morgan fingerprint density at radius 3 is 2.38 bits per heavy atom. The van der Waals surface area contributed by atoms with Crippen LogP contribution in [0.25, 0.3) is 10.9 Å². The first kappa shape index (κ1) is 18.6. The first-order valence-electron chi connectivity index (χ1n) is 9.39. The van der Waals surface area contributed by atoms with Crippen molar-refractivity contribution in [2.75, 3.05) is 6.61 Å². The number of hydrazine groups is 1. The summed E-state index contributed by atoms with van der Waals surface area (Å²) in [6, 6.07) is 13.6. The summed E-state index contributed by atoms with van der Waals surface area (Å²) in [6.07, 6.45) is 0.493. The molecule has 0 aliphatic carbocycles. The Labute approximate surface area is 167 Å². The van der Waals surface area contributed by atoms with E-state index in [0.29, 0.717) is 40.9 Å². The van der Waals surface area contributed by atoms with E-state index in [-0.39, 0.29) is 11.1 Å². The highest BCUT2D eigenvalue weighted by Gasteiger charge is 2.40. The molecule has 1 aliphatic heterocycles.